The monoisotopic (exact) mass is 325 g/mol. The van der Waals surface area contributed by atoms with Gasteiger partial charge in [-0.15, -0.1) is 0 Å². The first-order valence-electron chi connectivity index (χ1n) is 7.57. The fourth-order valence-corrected chi connectivity index (χ4v) is 2.84. The van der Waals surface area contributed by atoms with Crippen LogP contribution in [0.15, 0.2) is 48.5 Å². The highest BCUT2D eigenvalue weighted by Crippen LogP contribution is 2.17. The Morgan fingerprint density at radius 1 is 1.25 bits per heavy atom. The summed E-state index contributed by atoms with van der Waals surface area (Å²) in [5.74, 6) is 0.256. The number of rotatable bonds is 5. The number of non-ortho nitro benzene ring substituents is 1. The van der Waals surface area contributed by atoms with E-state index in [1.54, 1.807) is 10.6 Å². The first-order valence-corrected chi connectivity index (χ1v) is 7.57. The van der Waals surface area contributed by atoms with E-state index in [1.807, 2.05) is 35.8 Å². The minimum absolute atomic E-state index is 0.0283. The third-order valence-corrected chi connectivity index (χ3v) is 4.01. The number of ketones is 1. The molecule has 0 radical (unpaired) electrons. The van der Waals surface area contributed by atoms with Crippen LogP contribution in [-0.2, 0) is 13.1 Å². The van der Waals surface area contributed by atoms with E-state index >= 15 is 0 Å². The Hall–Kier alpha value is -3.22. The molecule has 7 heteroatoms. The Bertz CT molecular complexity index is 946. The van der Waals surface area contributed by atoms with Gasteiger partial charge in [0.15, 0.2) is 5.78 Å². The van der Waals surface area contributed by atoms with Crippen LogP contribution in [0, 0.1) is 10.1 Å². The maximum absolute atomic E-state index is 12.6. The predicted octanol–water partition coefficient (Wildman–Crippen LogP) is 2.32. The average molecular weight is 325 g/mol. The summed E-state index contributed by atoms with van der Waals surface area (Å²) in [5, 5.41) is 10.9. The Labute approximate surface area is 138 Å². The number of aromatic nitrogens is 2. The SMILES string of the molecule is CCn1c(N)[n+](CC(=O)c2cccc([N+](=O)[O-])c2)c2ccccc21. The van der Waals surface area contributed by atoms with Gasteiger partial charge in [0, 0.05) is 17.7 Å². The zero-order valence-corrected chi connectivity index (χ0v) is 13.2. The fraction of sp³-hybridized carbons (Fsp3) is 0.176. The van der Waals surface area contributed by atoms with Crippen LogP contribution in [-0.4, -0.2) is 15.3 Å². The molecule has 0 spiro atoms. The molecule has 0 aliphatic rings. The number of benzene rings is 2. The molecular weight excluding hydrogens is 308 g/mol. The van der Waals surface area contributed by atoms with Crippen molar-refractivity contribution in [3.8, 4) is 0 Å². The van der Waals surface area contributed by atoms with E-state index in [2.05, 4.69) is 0 Å². The second-order valence-corrected chi connectivity index (χ2v) is 5.41. The highest BCUT2D eigenvalue weighted by atomic mass is 16.6. The standard InChI is InChI=1S/C17H16N4O3/c1-2-19-14-8-3-4-9-15(14)20(17(19)18)11-16(22)12-6-5-7-13(10-12)21(23)24/h3-10,18H,2,11H2,1H3/p+1. The first-order chi connectivity index (χ1) is 11.5. The number of imidazole rings is 1. The molecule has 0 saturated carbocycles. The van der Waals surface area contributed by atoms with Crippen molar-refractivity contribution < 1.29 is 14.3 Å². The first kappa shape index (κ1) is 15.7. The number of Topliss-reactive ketones (excluding diaryl/α,β-unsaturated/α-hetero) is 1. The van der Waals surface area contributed by atoms with E-state index in [9.17, 15) is 14.9 Å². The highest BCUT2D eigenvalue weighted by Gasteiger charge is 2.22. The van der Waals surface area contributed by atoms with Gasteiger partial charge >= 0.3 is 5.95 Å². The van der Waals surface area contributed by atoms with Crippen LogP contribution in [0.25, 0.3) is 11.0 Å². The van der Waals surface area contributed by atoms with Crippen molar-refractivity contribution in [3.63, 3.8) is 0 Å². The van der Waals surface area contributed by atoms with Gasteiger partial charge in [0.1, 0.15) is 17.6 Å². The Balaban J connectivity index is 2.01. The molecule has 0 fully saturated rings. The number of nitrogen functional groups attached to an aromatic ring is 1. The summed E-state index contributed by atoms with van der Waals surface area (Å²) >= 11 is 0. The maximum Gasteiger partial charge on any atom is 0.356 e. The summed E-state index contributed by atoms with van der Waals surface area (Å²) < 4.78 is 3.66. The van der Waals surface area contributed by atoms with Gasteiger partial charge in [-0.3, -0.25) is 20.6 Å². The summed E-state index contributed by atoms with van der Waals surface area (Å²) in [5.41, 5.74) is 8.20. The van der Waals surface area contributed by atoms with Crippen molar-refractivity contribution in [1.29, 1.82) is 0 Å². The summed E-state index contributed by atoms with van der Waals surface area (Å²) in [7, 11) is 0. The quantitative estimate of drug-likeness (QED) is 0.337. The smallest absolute Gasteiger partial charge is 0.291 e. The molecule has 3 rings (SSSR count). The summed E-state index contributed by atoms with van der Waals surface area (Å²) in [6.45, 7) is 2.69. The molecule has 0 atom stereocenters. The van der Waals surface area contributed by atoms with Crippen molar-refractivity contribution in [1.82, 2.24) is 4.57 Å². The Morgan fingerprint density at radius 2 is 2.00 bits per heavy atom. The summed E-state index contributed by atoms with van der Waals surface area (Å²) in [4.78, 5) is 22.9. The number of nitro groups is 1. The number of carbonyl (C=O) groups excluding carboxylic acids is 1. The Morgan fingerprint density at radius 3 is 2.71 bits per heavy atom. The second-order valence-electron chi connectivity index (χ2n) is 5.41. The molecule has 0 aliphatic carbocycles. The Kier molecular flexibility index (Phi) is 3.99. The highest BCUT2D eigenvalue weighted by molar-refractivity contribution is 5.96. The van der Waals surface area contributed by atoms with Gasteiger partial charge < -0.3 is 0 Å². The zero-order valence-electron chi connectivity index (χ0n) is 13.2. The van der Waals surface area contributed by atoms with Crippen molar-refractivity contribution >= 4 is 28.5 Å². The third-order valence-electron chi connectivity index (χ3n) is 4.01. The van der Waals surface area contributed by atoms with Crippen molar-refractivity contribution in [2.75, 3.05) is 5.73 Å². The molecule has 1 aromatic heterocycles. The molecule has 2 N–H and O–H groups in total. The maximum atomic E-state index is 12.6. The molecule has 7 nitrogen and oxygen atoms in total. The molecule has 1 heterocycles. The zero-order chi connectivity index (χ0) is 17.3. The molecule has 2 aromatic carbocycles. The molecule has 0 unspecified atom stereocenters. The molecule has 24 heavy (non-hydrogen) atoms. The average Bonchev–Trinajstić information content (AvgIpc) is 2.86. The normalized spacial score (nSPS) is 10.9. The lowest BCUT2D eigenvalue weighted by molar-refractivity contribution is -0.642. The fourth-order valence-electron chi connectivity index (χ4n) is 2.84. The van der Waals surface area contributed by atoms with E-state index in [-0.39, 0.29) is 18.0 Å². The number of aryl methyl sites for hydroxylation is 1. The number of para-hydroxylation sites is 2. The molecular formula is C17H17N4O3+. The van der Waals surface area contributed by atoms with Gasteiger partial charge in [-0.1, -0.05) is 24.3 Å². The van der Waals surface area contributed by atoms with Crippen molar-refractivity contribution in [3.05, 3.63) is 64.2 Å². The third kappa shape index (κ3) is 2.60. The van der Waals surface area contributed by atoms with Crippen molar-refractivity contribution in [2.24, 2.45) is 0 Å². The molecule has 0 amide bonds. The minimum Gasteiger partial charge on any atom is -0.291 e. The van der Waals surface area contributed by atoms with Crippen LogP contribution in [0.3, 0.4) is 0 Å². The molecule has 3 aromatic rings. The summed E-state index contributed by atoms with van der Waals surface area (Å²) in [6, 6.07) is 13.4. The lowest BCUT2D eigenvalue weighted by Gasteiger charge is -2.02. The summed E-state index contributed by atoms with van der Waals surface area (Å²) in [6.07, 6.45) is 0. The van der Waals surface area contributed by atoms with Crippen LogP contribution in [0.5, 0.6) is 0 Å². The van der Waals surface area contributed by atoms with Crippen LogP contribution in [0.2, 0.25) is 0 Å². The molecule has 0 saturated heterocycles. The minimum atomic E-state index is -0.513. The largest absolute Gasteiger partial charge is 0.356 e. The predicted molar refractivity (Wildman–Crippen MR) is 89.6 cm³/mol. The lowest BCUT2D eigenvalue weighted by atomic mass is 10.1. The second kappa shape index (κ2) is 6.11. The molecule has 0 bridgehead atoms. The molecule has 0 aliphatic heterocycles. The topological polar surface area (TPSA) is 95.0 Å². The van der Waals surface area contributed by atoms with Crippen LogP contribution in [0.1, 0.15) is 17.3 Å². The van der Waals surface area contributed by atoms with Gasteiger partial charge in [-0.2, -0.15) is 0 Å². The van der Waals surface area contributed by atoms with Gasteiger partial charge in [0.2, 0.25) is 0 Å². The number of nitro benzene ring substituents is 1. The van der Waals surface area contributed by atoms with E-state index in [1.165, 1.54) is 18.2 Å². The van der Waals surface area contributed by atoms with E-state index in [0.717, 1.165) is 11.0 Å². The number of fused-ring (bicyclic) bond motifs is 1. The number of anilines is 1. The van der Waals surface area contributed by atoms with Crippen LogP contribution >= 0.6 is 0 Å². The van der Waals surface area contributed by atoms with Crippen LogP contribution in [0.4, 0.5) is 11.6 Å². The van der Waals surface area contributed by atoms with Gasteiger partial charge in [-0.05, 0) is 19.1 Å². The van der Waals surface area contributed by atoms with E-state index in [4.69, 9.17) is 5.73 Å². The van der Waals surface area contributed by atoms with Gasteiger partial charge in [0.25, 0.3) is 5.69 Å². The number of hydrogen-bond acceptors (Lipinski definition) is 4. The number of hydrogen-bond donors (Lipinski definition) is 1. The van der Waals surface area contributed by atoms with E-state index < -0.39 is 4.92 Å². The van der Waals surface area contributed by atoms with Crippen molar-refractivity contribution in [2.45, 2.75) is 20.0 Å². The number of nitrogens with two attached hydrogens (primary N) is 1. The molecule has 122 valence electrons. The number of carbonyl (C=O) groups is 1. The lowest BCUT2D eigenvalue weighted by Crippen LogP contribution is -2.40. The van der Waals surface area contributed by atoms with Gasteiger partial charge in [-0.25, -0.2) is 9.13 Å². The van der Waals surface area contributed by atoms with Crippen LogP contribution < -0.4 is 10.3 Å². The number of nitrogens with zero attached hydrogens (tertiary/aromatic N) is 3. The van der Waals surface area contributed by atoms with E-state index in [0.29, 0.717) is 18.1 Å². The van der Waals surface area contributed by atoms with Gasteiger partial charge in [0.05, 0.1) is 11.5 Å².